The number of aliphatic carboxylic acids is 1. The number of pyridine rings is 1. The lowest BCUT2D eigenvalue weighted by Gasteiger charge is -2.44. The number of carbonyl (C=O) groups is 1. The molecule has 3 heterocycles. The summed E-state index contributed by atoms with van der Waals surface area (Å²) in [5.74, 6) is -2.28. The van der Waals surface area contributed by atoms with Crippen LogP contribution in [0.15, 0.2) is 36.1 Å². The van der Waals surface area contributed by atoms with Gasteiger partial charge in [-0.2, -0.15) is 13.2 Å². The third-order valence-electron chi connectivity index (χ3n) is 5.58. The van der Waals surface area contributed by atoms with Crippen LogP contribution < -0.4 is 0 Å². The number of carboxylic acids is 1. The molecule has 2 fully saturated rings. The summed E-state index contributed by atoms with van der Waals surface area (Å²) < 4.78 is 44.1. The molecule has 2 aliphatic rings. The van der Waals surface area contributed by atoms with Gasteiger partial charge in [0.2, 0.25) is 0 Å². The predicted octanol–water partition coefficient (Wildman–Crippen LogP) is 3.76. The van der Waals surface area contributed by atoms with E-state index in [9.17, 15) is 13.2 Å². The molecule has 0 radical (unpaired) electrons. The molecule has 1 aliphatic carbocycles. The van der Waals surface area contributed by atoms with Gasteiger partial charge in [0.25, 0.3) is 0 Å². The van der Waals surface area contributed by atoms with Crippen LogP contribution in [-0.4, -0.2) is 64.0 Å². The highest BCUT2D eigenvalue weighted by atomic mass is 32.1. The average molecular weight is 474 g/mol. The Morgan fingerprint density at radius 2 is 2.22 bits per heavy atom. The lowest BCUT2D eigenvalue weighted by atomic mass is 9.89. The molecule has 1 saturated heterocycles. The van der Waals surface area contributed by atoms with Crippen LogP contribution >= 0.6 is 11.3 Å². The molecule has 1 N–H and O–H groups in total. The molecule has 1 spiro atoms. The van der Waals surface area contributed by atoms with Gasteiger partial charge in [0.05, 0.1) is 25.4 Å². The normalized spacial score (nSPS) is 23.7. The molecule has 1 aliphatic heterocycles. The molecule has 176 valence electrons. The first-order chi connectivity index (χ1) is 15.3. The number of rotatable bonds is 6. The van der Waals surface area contributed by atoms with E-state index >= 15 is 0 Å². The number of carboxylic acid groups (broad SMARTS) is 1. The summed E-state index contributed by atoms with van der Waals surface area (Å²) in [6.45, 7) is 5.12. The number of morpholine rings is 1. The van der Waals surface area contributed by atoms with Crippen molar-refractivity contribution >= 4 is 17.3 Å². The first-order valence-corrected chi connectivity index (χ1v) is 11.2. The largest absolute Gasteiger partial charge is 0.490 e. The number of ether oxygens (including phenoxy) is 2. The maximum absolute atomic E-state index is 10.6. The van der Waals surface area contributed by atoms with Crippen LogP contribution in [0.5, 0.6) is 0 Å². The molecule has 0 bridgehead atoms. The van der Waals surface area contributed by atoms with Crippen molar-refractivity contribution in [1.29, 1.82) is 0 Å². The molecule has 11 heteroatoms. The van der Waals surface area contributed by atoms with Gasteiger partial charge in [0.1, 0.15) is 5.01 Å². The van der Waals surface area contributed by atoms with Crippen molar-refractivity contribution < 1.29 is 32.5 Å². The average Bonchev–Trinajstić information content (AvgIpc) is 3.39. The minimum Gasteiger partial charge on any atom is -0.475 e. The summed E-state index contributed by atoms with van der Waals surface area (Å²) in [5, 5.41) is 10.2. The zero-order valence-electron chi connectivity index (χ0n) is 17.5. The molecule has 0 amide bonds. The quantitative estimate of drug-likeness (QED) is 0.684. The highest BCUT2D eigenvalue weighted by Crippen LogP contribution is 2.41. The predicted molar refractivity (Wildman–Crippen MR) is 111 cm³/mol. The lowest BCUT2D eigenvalue weighted by Crippen LogP contribution is -2.54. The zero-order valence-corrected chi connectivity index (χ0v) is 18.3. The Hall–Kier alpha value is -2.08. The number of nitrogens with zero attached hydrogens (tertiary/aromatic N) is 3. The Kier molecular flexibility index (Phi) is 8.57. The van der Waals surface area contributed by atoms with Crippen molar-refractivity contribution in [1.82, 2.24) is 14.9 Å². The minimum atomic E-state index is -5.08. The van der Waals surface area contributed by atoms with E-state index in [2.05, 4.69) is 20.9 Å². The van der Waals surface area contributed by atoms with Gasteiger partial charge in [-0.3, -0.25) is 9.88 Å². The number of hydrogen-bond donors (Lipinski definition) is 1. The van der Waals surface area contributed by atoms with Gasteiger partial charge in [0.15, 0.2) is 0 Å². The topological polar surface area (TPSA) is 84.8 Å². The van der Waals surface area contributed by atoms with Gasteiger partial charge >= 0.3 is 12.1 Å². The highest BCUT2D eigenvalue weighted by Gasteiger charge is 2.46. The van der Waals surface area contributed by atoms with E-state index in [0.29, 0.717) is 12.5 Å². The van der Waals surface area contributed by atoms with Crippen molar-refractivity contribution in [3.63, 3.8) is 0 Å². The van der Waals surface area contributed by atoms with E-state index in [1.807, 2.05) is 30.0 Å². The molecule has 2 aromatic rings. The van der Waals surface area contributed by atoms with Gasteiger partial charge in [-0.1, -0.05) is 12.5 Å². The molecule has 1 saturated carbocycles. The monoisotopic (exact) mass is 473 g/mol. The summed E-state index contributed by atoms with van der Waals surface area (Å²) in [5.41, 5.74) is 1.23. The Labute approximate surface area is 188 Å². The molecule has 2 atom stereocenters. The molecule has 2 aromatic heterocycles. The first-order valence-electron chi connectivity index (χ1n) is 10.3. The Balaban J connectivity index is 0.000000360. The summed E-state index contributed by atoms with van der Waals surface area (Å²) >= 11 is 1.65. The number of hydrogen-bond acceptors (Lipinski definition) is 7. The van der Waals surface area contributed by atoms with E-state index in [1.54, 1.807) is 11.3 Å². The molecule has 32 heavy (non-hydrogen) atoms. The van der Waals surface area contributed by atoms with Gasteiger partial charge in [-0.25, -0.2) is 9.78 Å². The summed E-state index contributed by atoms with van der Waals surface area (Å²) in [7, 11) is 0. The van der Waals surface area contributed by atoms with E-state index < -0.39 is 12.1 Å². The van der Waals surface area contributed by atoms with Crippen LogP contribution in [0.1, 0.15) is 29.8 Å². The van der Waals surface area contributed by atoms with Crippen molar-refractivity contribution in [3.05, 3.63) is 46.7 Å². The van der Waals surface area contributed by atoms with E-state index in [-0.39, 0.29) is 5.60 Å². The number of halogens is 3. The molecular weight excluding hydrogens is 447 g/mol. The molecule has 0 unspecified atom stereocenters. The number of aromatic nitrogens is 2. The van der Waals surface area contributed by atoms with Crippen LogP contribution in [0.25, 0.3) is 0 Å². The van der Waals surface area contributed by atoms with Crippen molar-refractivity contribution in [2.24, 2.45) is 5.92 Å². The Bertz CT molecular complexity index is 839. The van der Waals surface area contributed by atoms with E-state index in [4.69, 9.17) is 19.4 Å². The third kappa shape index (κ3) is 6.96. The second kappa shape index (κ2) is 11.2. The van der Waals surface area contributed by atoms with E-state index in [0.717, 1.165) is 44.3 Å². The van der Waals surface area contributed by atoms with Gasteiger partial charge in [0, 0.05) is 49.5 Å². The SMILES string of the molecule is O=C(O)C(F)(F)F.c1cncc(CN2CCO[C@@]3(CCC[C@@H]3COCc3nccs3)C2)c1. The number of alkyl halides is 3. The summed E-state index contributed by atoms with van der Waals surface area (Å²) in [6, 6.07) is 4.16. The van der Waals surface area contributed by atoms with Crippen LogP contribution in [0, 0.1) is 5.92 Å². The molecule has 7 nitrogen and oxygen atoms in total. The Morgan fingerprint density at radius 1 is 1.41 bits per heavy atom. The van der Waals surface area contributed by atoms with Crippen molar-refractivity contribution in [2.75, 3.05) is 26.3 Å². The fourth-order valence-corrected chi connectivity index (χ4v) is 4.68. The minimum absolute atomic E-state index is 0.0384. The highest BCUT2D eigenvalue weighted by molar-refractivity contribution is 7.09. The zero-order chi connectivity index (χ0) is 23.0. The fraction of sp³-hybridized carbons (Fsp3) is 0.571. The number of thiazole rings is 1. The van der Waals surface area contributed by atoms with E-state index in [1.165, 1.54) is 18.4 Å². The third-order valence-corrected chi connectivity index (χ3v) is 6.34. The fourth-order valence-electron chi connectivity index (χ4n) is 4.13. The molecular formula is C21H26F3N3O4S. The molecule has 4 rings (SSSR count). The standard InChI is InChI=1S/C19H25N3O2S.C2HF3O2/c1-4-17(13-23-14-18-21-7-10-25-18)19(5-1)15-22(8-9-24-19)12-16-3-2-6-20-11-16;3-2(4,5)1(6)7/h2-3,6-7,10-11,17H,1,4-5,8-9,12-15H2;(H,6,7)/t17-,19+;/m1./s1. The van der Waals surface area contributed by atoms with Crippen LogP contribution in [0.4, 0.5) is 13.2 Å². The van der Waals surface area contributed by atoms with Crippen LogP contribution in [0.2, 0.25) is 0 Å². The summed E-state index contributed by atoms with van der Waals surface area (Å²) in [4.78, 5) is 19.9. The Morgan fingerprint density at radius 3 is 2.88 bits per heavy atom. The van der Waals surface area contributed by atoms with Crippen molar-refractivity contribution in [2.45, 2.75) is 44.2 Å². The van der Waals surface area contributed by atoms with Gasteiger partial charge in [-0.15, -0.1) is 11.3 Å². The van der Waals surface area contributed by atoms with Gasteiger partial charge in [-0.05, 0) is 24.5 Å². The maximum atomic E-state index is 10.6. The smallest absolute Gasteiger partial charge is 0.475 e. The molecule has 0 aromatic carbocycles. The maximum Gasteiger partial charge on any atom is 0.490 e. The van der Waals surface area contributed by atoms with Crippen LogP contribution in [-0.2, 0) is 27.4 Å². The second-order valence-corrected chi connectivity index (χ2v) is 8.80. The van der Waals surface area contributed by atoms with Crippen molar-refractivity contribution in [3.8, 4) is 0 Å². The summed E-state index contributed by atoms with van der Waals surface area (Å²) in [6.07, 6.45) is 4.11. The second-order valence-electron chi connectivity index (χ2n) is 7.82. The first kappa shape index (κ1) is 24.6. The lowest BCUT2D eigenvalue weighted by molar-refractivity contribution is -0.192. The van der Waals surface area contributed by atoms with Crippen LogP contribution in [0.3, 0.4) is 0 Å². The van der Waals surface area contributed by atoms with Gasteiger partial charge < -0.3 is 14.6 Å².